The molecule has 0 unspecified atom stereocenters. The zero-order valence-electron chi connectivity index (χ0n) is 19.4. The lowest BCUT2D eigenvalue weighted by Gasteiger charge is -2.17. The second-order valence-electron chi connectivity index (χ2n) is 10.2. The molecule has 0 radical (unpaired) electrons. The third kappa shape index (κ3) is 2.23. The largest absolute Gasteiger partial charge is 0.307 e. The first-order valence-corrected chi connectivity index (χ1v) is 12.0. The van der Waals surface area contributed by atoms with Crippen molar-refractivity contribution in [1.82, 2.24) is 4.40 Å². The van der Waals surface area contributed by atoms with Gasteiger partial charge in [0.05, 0.1) is 27.3 Å². The van der Waals surface area contributed by atoms with Gasteiger partial charge >= 0.3 is 0 Å². The summed E-state index contributed by atoms with van der Waals surface area (Å²) in [4.78, 5) is 0. The Morgan fingerprint density at radius 2 is 1.62 bits per heavy atom. The summed E-state index contributed by atoms with van der Waals surface area (Å²) in [5.41, 5.74) is 11.1. The van der Waals surface area contributed by atoms with Crippen molar-refractivity contribution in [3.63, 3.8) is 0 Å². The van der Waals surface area contributed by atoms with Gasteiger partial charge in [-0.25, -0.2) is 4.57 Å². The Morgan fingerprint density at radius 1 is 0.812 bits per heavy atom. The zero-order valence-corrected chi connectivity index (χ0v) is 19.4. The predicted octanol–water partition coefficient (Wildman–Crippen LogP) is 7.40. The van der Waals surface area contributed by atoms with Crippen LogP contribution in [0.1, 0.15) is 53.9 Å². The molecule has 1 aliphatic carbocycles. The highest BCUT2D eigenvalue weighted by Gasteiger charge is 2.26. The van der Waals surface area contributed by atoms with Gasteiger partial charge in [-0.15, -0.1) is 0 Å². The van der Waals surface area contributed by atoms with Gasteiger partial charge in [-0.1, -0.05) is 42.7 Å². The van der Waals surface area contributed by atoms with E-state index >= 15 is 0 Å². The van der Waals surface area contributed by atoms with Crippen LogP contribution in [-0.4, -0.2) is 4.40 Å². The predicted molar refractivity (Wildman–Crippen MR) is 135 cm³/mol. The van der Waals surface area contributed by atoms with Gasteiger partial charge in [-0.05, 0) is 73.7 Å². The molecular weight excluding hydrogens is 388 g/mol. The van der Waals surface area contributed by atoms with Crippen molar-refractivity contribution in [2.45, 2.75) is 52.4 Å². The summed E-state index contributed by atoms with van der Waals surface area (Å²) in [5, 5.41) is 6.93. The summed E-state index contributed by atoms with van der Waals surface area (Å²) in [5.74, 6) is 0.702. The van der Waals surface area contributed by atoms with E-state index in [2.05, 4.69) is 85.4 Å². The first-order valence-electron chi connectivity index (χ1n) is 12.0. The molecular formula is C30H29N2+. The van der Waals surface area contributed by atoms with Crippen LogP contribution in [-0.2, 0) is 7.05 Å². The molecule has 3 aromatic carbocycles. The third-order valence-corrected chi connectivity index (χ3v) is 8.11. The molecule has 3 aromatic heterocycles. The van der Waals surface area contributed by atoms with E-state index in [1.807, 2.05) is 0 Å². The highest BCUT2D eigenvalue weighted by Crippen LogP contribution is 2.43. The molecule has 6 aromatic rings. The molecule has 1 aliphatic rings. The number of hydrogen-bond acceptors (Lipinski definition) is 0. The number of rotatable bonds is 1. The lowest BCUT2D eigenvalue weighted by Crippen LogP contribution is -2.29. The van der Waals surface area contributed by atoms with Gasteiger partial charge < -0.3 is 4.40 Å². The van der Waals surface area contributed by atoms with Crippen LogP contribution in [0.5, 0.6) is 0 Å². The molecule has 32 heavy (non-hydrogen) atoms. The summed E-state index contributed by atoms with van der Waals surface area (Å²) in [7, 11) is 2.20. The van der Waals surface area contributed by atoms with Gasteiger partial charge in [0.25, 0.3) is 0 Å². The van der Waals surface area contributed by atoms with Gasteiger partial charge in [0, 0.05) is 16.8 Å². The quantitative estimate of drug-likeness (QED) is 0.150. The van der Waals surface area contributed by atoms with Crippen molar-refractivity contribution in [3.05, 3.63) is 70.9 Å². The van der Waals surface area contributed by atoms with Crippen molar-refractivity contribution in [1.29, 1.82) is 0 Å². The van der Waals surface area contributed by atoms with Crippen LogP contribution in [0.25, 0.3) is 49.0 Å². The summed E-state index contributed by atoms with van der Waals surface area (Å²) >= 11 is 0. The maximum absolute atomic E-state index is 2.61. The number of aryl methyl sites for hydroxylation is 4. The van der Waals surface area contributed by atoms with E-state index in [0.717, 1.165) is 0 Å². The van der Waals surface area contributed by atoms with Crippen LogP contribution < -0.4 is 4.57 Å². The lowest BCUT2D eigenvalue weighted by molar-refractivity contribution is -0.643. The van der Waals surface area contributed by atoms with Crippen LogP contribution >= 0.6 is 0 Å². The second kappa shape index (κ2) is 6.22. The maximum Gasteiger partial charge on any atom is 0.224 e. The SMILES string of the molecule is Cc1cc(C)c2c(c1)c1ccc(C)c3c1n2c1cc(C2CCCC2)cc2cc[n+](C)c3c21. The molecule has 1 saturated carbocycles. The monoisotopic (exact) mass is 417 g/mol. The molecule has 2 nitrogen and oxygen atoms in total. The number of hydrogen-bond donors (Lipinski definition) is 0. The topological polar surface area (TPSA) is 8.29 Å². The van der Waals surface area contributed by atoms with Crippen molar-refractivity contribution in [3.8, 4) is 0 Å². The molecule has 0 spiro atoms. The highest BCUT2D eigenvalue weighted by atomic mass is 15.0. The van der Waals surface area contributed by atoms with E-state index in [-0.39, 0.29) is 0 Å². The van der Waals surface area contributed by atoms with Crippen LogP contribution in [0.3, 0.4) is 0 Å². The van der Waals surface area contributed by atoms with E-state index in [9.17, 15) is 0 Å². The fraction of sp³-hybridized carbons (Fsp3) is 0.300. The Balaban J connectivity index is 1.84. The third-order valence-electron chi connectivity index (χ3n) is 8.11. The Morgan fingerprint density at radius 3 is 2.44 bits per heavy atom. The molecule has 7 rings (SSSR count). The van der Waals surface area contributed by atoms with E-state index in [1.165, 1.54) is 96.9 Å². The number of nitrogens with zero attached hydrogens (tertiary/aromatic N) is 2. The van der Waals surface area contributed by atoms with E-state index in [4.69, 9.17) is 0 Å². The average Bonchev–Trinajstić information content (AvgIpc) is 3.41. The summed E-state index contributed by atoms with van der Waals surface area (Å²) in [6, 6.07) is 16.7. The second-order valence-corrected chi connectivity index (χ2v) is 10.2. The molecule has 3 heterocycles. The summed E-state index contributed by atoms with van der Waals surface area (Å²) in [6.07, 6.45) is 7.64. The van der Waals surface area contributed by atoms with Crippen LogP contribution in [0.15, 0.2) is 48.7 Å². The minimum atomic E-state index is 0.702. The lowest BCUT2D eigenvalue weighted by atomic mass is 9.92. The Kier molecular flexibility index (Phi) is 3.59. The minimum absolute atomic E-state index is 0.702. The van der Waals surface area contributed by atoms with Crippen LogP contribution in [0.4, 0.5) is 0 Å². The molecule has 158 valence electrons. The molecule has 0 amide bonds. The number of fused-ring (bicyclic) bond motifs is 5. The normalized spacial score (nSPS) is 15.5. The van der Waals surface area contributed by atoms with Crippen molar-refractivity contribution in [2.24, 2.45) is 7.05 Å². The molecule has 2 heteroatoms. The standard InChI is InChI=1S/C30H29N2/c1-17-13-19(3)28-24(14-17)23-10-9-18(2)26-29(23)32(28)25-16-22(20-7-5-6-8-20)15-21-11-12-31(4)30(26)27(21)25/h9-16,20H,5-8H2,1-4H3/q+1. The Hall–Kier alpha value is -3.13. The number of benzene rings is 3. The molecule has 0 aliphatic heterocycles. The van der Waals surface area contributed by atoms with Gasteiger partial charge in [0.2, 0.25) is 5.52 Å². The minimum Gasteiger partial charge on any atom is -0.307 e. The van der Waals surface area contributed by atoms with Gasteiger partial charge in [-0.2, -0.15) is 0 Å². The van der Waals surface area contributed by atoms with Crippen molar-refractivity contribution >= 4 is 49.0 Å². The smallest absolute Gasteiger partial charge is 0.224 e. The maximum atomic E-state index is 2.61. The molecule has 0 saturated heterocycles. The zero-order chi connectivity index (χ0) is 21.7. The van der Waals surface area contributed by atoms with Crippen LogP contribution in [0.2, 0.25) is 0 Å². The fourth-order valence-corrected chi connectivity index (χ4v) is 6.73. The average molecular weight is 418 g/mol. The fourth-order valence-electron chi connectivity index (χ4n) is 6.73. The van der Waals surface area contributed by atoms with Crippen LogP contribution in [0, 0.1) is 20.8 Å². The van der Waals surface area contributed by atoms with Gasteiger partial charge in [0.15, 0.2) is 6.20 Å². The Labute approximate surface area is 188 Å². The van der Waals surface area contributed by atoms with E-state index in [0.29, 0.717) is 5.92 Å². The molecule has 0 atom stereocenters. The van der Waals surface area contributed by atoms with Crippen molar-refractivity contribution in [2.75, 3.05) is 0 Å². The van der Waals surface area contributed by atoms with Gasteiger partial charge in [0.1, 0.15) is 7.05 Å². The highest BCUT2D eigenvalue weighted by molar-refractivity contribution is 6.26. The van der Waals surface area contributed by atoms with E-state index < -0.39 is 0 Å². The summed E-state index contributed by atoms with van der Waals surface area (Å²) < 4.78 is 4.94. The number of pyridine rings is 2. The van der Waals surface area contributed by atoms with Crippen molar-refractivity contribution < 1.29 is 4.57 Å². The molecule has 0 bridgehead atoms. The van der Waals surface area contributed by atoms with Gasteiger partial charge in [-0.3, -0.25) is 0 Å². The Bertz CT molecular complexity index is 1710. The number of aromatic nitrogens is 2. The molecule has 1 fully saturated rings. The first kappa shape index (κ1) is 18.4. The summed E-state index contributed by atoms with van der Waals surface area (Å²) in [6.45, 7) is 6.77. The molecule has 0 N–H and O–H groups in total. The van der Waals surface area contributed by atoms with E-state index in [1.54, 1.807) is 0 Å². The first-order chi connectivity index (χ1) is 15.5.